The van der Waals surface area contributed by atoms with E-state index in [-0.39, 0.29) is 11.8 Å². The van der Waals surface area contributed by atoms with E-state index < -0.39 is 0 Å². The minimum Gasteiger partial charge on any atom is -0.508 e. The van der Waals surface area contributed by atoms with Gasteiger partial charge < -0.3 is 14.7 Å². The van der Waals surface area contributed by atoms with Crippen molar-refractivity contribution >= 4 is 0 Å². The van der Waals surface area contributed by atoms with Gasteiger partial charge in [0.15, 0.2) is 0 Å². The van der Waals surface area contributed by atoms with Gasteiger partial charge in [-0.1, -0.05) is 99.5 Å². The van der Waals surface area contributed by atoms with Gasteiger partial charge in [-0.05, 0) is 86.6 Å². The van der Waals surface area contributed by atoms with Crippen molar-refractivity contribution in [2.75, 3.05) is 26.2 Å². The molecule has 0 bridgehead atoms. The number of fused-ring (bicyclic) bond motifs is 1. The van der Waals surface area contributed by atoms with Gasteiger partial charge >= 0.3 is 0 Å². The van der Waals surface area contributed by atoms with Crippen LogP contribution in [0.4, 0.5) is 0 Å². The number of ether oxygens (including phenoxy) is 1. The van der Waals surface area contributed by atoms with Crippen molar-refractivity contribution < 1.29 is 9.84 Å². The Bertz CT molecular complexity index is 1120. The molecule has 208 valence electrons. The molecule has 5 rings (SSSR count). The second kappa shape index (κ2) is 14.6. The summed E-state index contributed by atoms with van der Waals surface area (Å²) in [5.41, 5.74) is 5.08. The normalized spacial score (nSPS) is 19.1. The summed E-state index contributed by atoms with van der Waals surface area (Å²) in [5, 5.41) is 10.3. The van der Waals surface area contributed by atoms with Crippen LogP contribution in [0.3, 0.4) is 0 Å². The summed E-state index contributed by atoms with van der Waals surface area (Å²) in [6.07, 6.45) is 16.4. The van der Waals surface area contributed by atoms with E-state index in [1.54, 1.807) is 6.07 Å². The standard InChI is InChI=1S/C36H47NO2/c38-32-22-23-35-33(27-32)36(34(28-39-35)30-16-10-8-11-17-30)31-20-18-29(19-21-31)15-9-6-4-2-1-3-5-7-12-24-37-25-13-14-26-37/h8,10-11,16-23,27,34,36,38H,1-7,9,12-15,24-26,28H2/t34-,36-/m0/s1. The highest BCUT2D eigenvalue weighted by Gasteiger charge is 2.33. The number of benzene rings is 3. The lowest BCUT2D eigenvalue weighted by Crippen LogP contribution is -2.25. The zero-order chi connectivity index (χ0) is 26.7. The average molecular weight is 526 g/mol. The average Bonchev–Trinajstić information content (AvgIpc) is 3.50. The van der Waals surface area contributed by atoms with Crippen LogP contribution in [0, 0.1) is 0 Å². The van der Waals surface area contributed by atoms with Crippen LogP contribution in [0.15, 0.2) is 72.8 Å². The lowest BCUT2D eigenvalue weighted by Gasteiger charge is -2.34. The van der Waals surface area contributed by atoms with Crippen molar-refractivity contribution in [3.8, 4) is 11.5 Å². The Morgan fingerprint density at radius 1 is 0.692 bits per heavy atom. The molecule has 2 aliphatic rings. The maximum Gasteiger partial charge on any atom is 0.123 e. The van der Waals surface area contributed by atoms with Gasteiger partial charge in [0.1, 0.15) is 11.5 Å². The maximum atomic E-state index is 10.3. The molecule has 2 atom stereocenters. The molecule has 0 radical (unpaired) electrons. The molecule has 3 aromatic carbocycles. The van der Waals surface area contributed by atoms with Crippen molar-refractivity contribution in [2.24, 2.45) is 0 Å². The smallest absolute Gasteiger partial charge is 0.123 e. The number of nitrogens with zero attached hydrogens (tertiary/aromatic N) is 1. The summed E-state index contributed by atoms with van der Waals surface area (Å²) in [4.78, 5) is 2.64. The molecule has 1 N–H and O–H groups in total. The van der Waals surface area contributed by atoms with Gasteiger partial charge in [-0.2, -0.15) is 0 Å². The first-order valence-electron chi connectivity index (χ1n) is 15.6. The van der Waals surface area contributed by atoms with Gasteiger partial charge in [-0.3, -0.25) is 0 Å². The second-order valence-corrected chi connectivity index (χ2v) is 11.8. The van der Waals surface area contributed by atoms with Gasteiger partial charge in [-0.15, -0.1) is 0 Å². The lowest BCUT2D eigenvalue weighted by atomic mass is 9.75. The van der Waals surface area contributed by atoms with Crippen LogP contribution in [-0.4, -0.2) is 36.2 Å². The highest BCUT2D eigenvalue weighted by molar-refractivity contribution is 5.50. The number of phenols is 1. The molecule has 1 saturated heterocycles. The summed E-state index contributed by atoms with van der Waals surface area (Å²) in [7, 11) is 0. The summed E-state index contributed by atoms with van der Waals surface area (Å²) in [6, 6.07) is 25.4. The molecular weight excluding hydrogens is 478 g/mol. The van der Waals surface area contributed by atoms with E-state index in [0.717, 1.165) is 17.7 Å². The minimum absolute atomic E-state index is 0.164. The van der Waals surface area contributed by atoms with Crippen molar-refractivity contribution in [1.82, 2.24) is 4.90 Å². The Morgan fingerprint density at radius 2 is 1.36 bits per heavy atom. The SMILES string of the molecule is Oc1ccc2c(c1)[C@H](c1ccc(CCCCCCCCCCCN3CCCC3)cc1)[C@H](c1ccccc1)CO2. The van der Waals surface area contributed by atoms with Gasteiger partial charge in [0, 0.05) is 17.4 Å². The van der Waals surface area contributed by atoms with Crippen LogP contribution >= 0.6 is 0 Å². The first-order valence-corrected chi connectivity index (χ1v) is 15.6. The summed E-state index contributed by atoms with van der Waals surface area (Å²) < 4.78 is 6.14. The molecule has 0 aliphatic carbocycles. The van der Waals surface area contributed by atoms with Gasteiger partial charge in [0.05, 0.1) is 6.61 Å². The first-order chi connectivity index (χ1) is 19.3. The van der Waals surface area contributed by atoms with Gasteiger partial charge in [-0.25, -0.2) is 0 Å². The third-order valence-corrected chi connectivity index (χ3v) is 8.85. The number of hydrogen-bond acceptors (Lipinski definition) is 3. The van der Waals surface area contributed by atoms with E-state index in [1.807, 2.05) is 12.1 Å². The van der Waals surface area contributed by atoms with Crippen LogP contribution in [-0.2, 0) is 6.42 Å². The summed E-state index contributed by atoms with van der Waals surface area (Å²) in [5.74, 6) is 1.57. The molecule has 3 nitrogen and oxygen atoms in total. The molecule has 0 unspecified atom stereocenters. The number of likely N-dealkylation sites (tertiary alicyclic amines) is 1. The van der Waals surface area contributed by atoms with Crippen LogP contribution in [0.5, 0.6) is 11.5 Å². The summed E-state index contributed by atoms with van der Waals surface area (Å²) in [6.45, 7) is 4.66. The number of unbranched alkanes of at least 4 members (excludes halogenated alkanes) is 8. The third-order valence-electron chi connectivity index (χ3n) is 8.85. The number of aryl methyl sites for hydroxylation is 1. The number of aromatic hydroxyl groups is 1. The zero-order valence-corrected chi connectivity index (χ0v) is 23.7. The molecule has 1 fully saturated rings. The number of hydrogen-bond donors (Lipinski definition) is 1. The molecular formula is C36H47NO2. The summed E-state index contributed by atoms with van der Waals surface area (Å²) >= 11 is 0. The van der Waals surface area contributed by atoms with E-state index in [2.05, 4.69) is 59.5 Å². The van der Waals surface area contributed by atoms with E-state index in [4.69, 9.17) is 4.74 Å². The Kier molecular flexibility index (Phi) is 10.4. The number of phenolic OH excluding ortho intramolecular Hbond substituents is 1. The van der Waals surface area contributed by atoms with Crippen LogP contribution in [0.1, 0.15) is 105 Å². The Morgan fingerprint density at radius 3 is 2.08 bits per heavy atom. The Hall–Kier alpha value is -2.78. The molecule has 2 aliphatic heterocycles. The highest BCUT2D eigenvalue weighted by Crippen LogP contribution is 2.47. The van der Waals surface area contributed by atoms with E-state index >= 15 is 0 Å². The van der Waals surface area contributed by atoms with Crippen molar-refractivity contribution in [2.45, 2.75) is 88.9 Å². The highest BCUT2D eigenvalue weighted by atomic mass is 16.5. The Labute approximate surface area is 236 Å². The predicted octanol–water partition coefficient (Wildman–Crippen LogP) is 8.85. The van der Waals surface area contributed by atoms with Crippen LogP contribution in [0.25, 0.3) is 0 Å². The van der Waals surface area contributed by atoms with Crippen molar-refractivity contribution in [1.29, 1.82) is 0 Å². The lowest BCUT2D eigenvalue weighted by molar-refractivity contribution is 0.248. The minimum atomic E-state index is 0.164. The molecule has 3 heteroatoms. The van der Waals surface area contributed by atoms with Gasteiger partial charge in [0.2, 0.25) is 0 Å². The maximum absolute atomic E-state index is 10.3. The largest absolute Gasteiger partial charge is 0.508 e. The molecule has 0 saturated carbocycles. The number of rotatable bonds is 14. The fourth-order valence-corrected chi connectivity index (χ4v) is 6.60. The zero-order valence-electron chi connectivity index (χ0n) is 23.7. The van der Waals surface area contributed by atoms with Crippen LogP contribution in [0.2, 0.25) is 0 Å². The molecule has 39 heavy (non-hydrogen) atoms. The fourth-order valence-electron chi connectivity index (χ4n) is 6.60. The van der Waals surface area contributed by atoms with Crippen molar-refractivity contribution in [3.05, 3.63) is 95.1 Å². The first kappa shape index (κ1) is 27.8. The predicted molar refractivity (Wildman–Crippen MR) is 162 cm³/mol. The van der Waals surface area contributed by atoms with E-state index in [1.165, 1.54) is 107 Å². The van der Waals surface area contributed by atoms with Crippen molar-refractivity contribution in [3.63, 3.8) is 0 Å². The second-order valence-electron chi connectivity index (χ2n) is 11.8. The monoisotopic (exact) mass is 525 g/mol. The molecule has 0 amide bonds. The molecule has 2 heterocycles. The topological polar surface area (TPSA) is 32.7 Å². The van der Waals surface area contributed by atoms with Gasteiger partial charge in [0.25, 0.3) is 0 Å². The fraction of sp³-hybridized carbons (Fsp3) is 0.500. The molecule has 0 spiro atoms. The molecule has 3 aromatic rings. The Balaban J connectivity index is 1.06. The quantitative estimate of drug-likeness (QED) is 0.213. The van der Waals surface area contributed by atoms with Crippen LogP contribution < -0.4 is 4.74 Å². The third kappa shape index (κ3) is 7.88. The van der Waals surface area contributed by atoms with E-state index in [0.29, 0.717) is 12.4 Å². The molecule has 0 aromatic heterocycles. The van der Waals surface area contributed by atoms with E-state index in [9.17, 15) is 5.11 Å².